The van der Waals surface area contributed by atoms with Crippen LogP contribution in [0.4, 0.5) is 0 Å². The molecular weight excluding hydrogens is 360 g/mol. The lowest BCUT2D eigenvalue weighted by molar-refractivity contribution is -0.0221. The fourth-order valence-electron chi connectivity index (χ4n) is 4.33. The minimum atomic E-state index is 0.123. The van der Waals surface area contributed by atoms with E-state index in [-0.39, 0.29) is 6.10 Å². The minimum Gasteiger partial charge on any atom is -0.382 e. The molecule has 1 saturated heterocycles. The van der Waals surface area contributed by atoms with Crippen LogP contribution < -0.4 is 5.32 Å². The van der Waals surface area contributed by atoms with E-state index in [0.717, 1.165) is 31.4 Å². The van der Waals surface area contributed by atoms with Crippen LogP contribution >= 0.6 is 0 Å². The van der Waals surface area contributed by atoms with Crippen molar-refractivity contribution in [1.82, 2.24) is 10.3 Å². The van der Waals surface area contributed by atoms with E-state index < -0.39 is 0 Å². The van der Waals surface area contributed by atoms with Gasteiger partial charge >= 0.3 is 0 Å². The summed E-state index contributed by atoms with van der Waals surface area (Å²) in [7, 11) is 1.72. The second-order valence-electron chi connectivity index (χ2n) is 7.82. The van der Waals surface area contributed by atoms with E-state index in [9.17, 15) is 0 Å². The Balaban J connectivity index is 1.62. The van der Waals surface area contributed by atoms with Crippen molar-refractivity contribution < 1.29 is 9.47 Å². The lowest BCUT2D eigenvalue weighted by Gasteiger charge is -2.31. The second kappa shape index (κ2) is 9.49. The van der Waals surface area contributed by atoms with E-state index in [1.165, 1.54) is 27.6 Å². The van der Waals surface area contributed by atoms with Gasteiger partial charge in [0.05, 0.1) is 24.8 Å². The van der Waals surface area contributed by atoms with Gasteiger partial charge in [-0.05, 0) is 67.1 Å². The third-order valence-corrected chi connectivity index (χ3v) is 5.92. The Morgan fingerprint density at radius 3 is 2.59 bits per heavy atom. The van der Waals surface area contributed by atoms with E-state index >= 15 is 0 Å². The number of ether oxygens (including phenoxy) is 2. The molecule has 0 aliphatic carbocycles. The van der Waals surface area contributed by atoms with Crippen LogP contribution in [0.2, 0.25) is 0 Å². The molecule has 4 nitrogen and oxygen atoms in total. The van der Waals surface area contributed by atoms with Gasteiger partial charge in [-0.15, -0.1) is 0 Å². The topological polar surface area (TPSA) is 43.4 Å². The Morgan fingerprint density at radius 1 is 1.03 bits per heavy atom. The first-order valence-electron chi connectivity index (χ1n) is 10.5. The van der Waals surface area contributed by atoms with Gasteiger partial charge in [-0.1, -0.05) is 42.5 Å². The highest BCUT2D eigenvalue weighted by Gasteiger charge is 2.25. The van der Waals surface area contributed by atoms with E-state index in [1.54, 1.807) is 7.11 Å². The van der Waals surface area contributed by atoms with Crippen LogP contribution in [0.25, 0.3) is 22.0 Å². The van der Waals surface area contributed by atoms with Crippen molar-refractivity contribution >= 4 is 10.9 Å². The predicted octanol–water partition coefficient (Wildman–Crippen LogP) is 4.91. The van der Waals surface area contributed by atoms with E-state index in [4.69, 9.17) is 9.47 Å². The molecule has 29 heavy (non-hydrogen) atoms. The third kappa shape index (κ3) is 4.50. The molecule has 1 fully saturated rings. The van der Waals surface area contributed by atoms with Gasteiger partial charge in [0.15, 0.2) is 0 Å². The monoisotopic (exact) mass is 390 g/mol. The van der Waals surface area contributed by atoms with Crippen LogP contribution in [0, 0.1) is 12.8 Å². The van der Waals surface area contributed by atoms with Crippen LogP contribution in [-0.2, 0) is 9.47 Å². The smallest absolute Gasteiger partial charge is 0.0855 e. The first-order valence-corrected chi connectivity index (χ1v) is 10.5. The quantitative estimate of drug-likeness (QED) is 0.582. The molecule has 4 heteroatoms. The molecule has 152 valence electrons. The highest BCUT2D eigenvalue weighted by atomic mass is 16.5. The maximum absolute atomic E-state index is 6.28. The van der Waals surface area contributed by atoms with Crippen molar-refractivity contribution in [1.29, 1.82) is 0 Å². The summed E-state index contributed by atoms with van der Waals surface area (Å²) >= 11 is 0. The van der Waals surface area contributed by atoms with Crippen LogP contribution in [-0.4, -0.2) is 38.4 Å². The Bertz CT molecular complexity index is 933. The summed E-state index contributed by atoms with van der Waals surface area (Å²) in [6, 6.07) is 17.4. The molecule has 1 unspecified atom stereocenters. The largest absolute Gasteiger partial charge is 0.382 e. The Morgan fingerprint density at radius 2 is 1.83 bits per heavy atom. The molecule has 1 N–H and O–H groups in total. The van der Waals surface area contributed by atoms with Crippen molar-refractivity contribution in [3.63, 3.8) is 0 Å². The van der Waals surface area contributed by atoms with E-state index in [0.29, 0.717) is 19.1 Å². The van der Waals surface area contributed by atoms with Gasteiger partial charge in [0, 0.05) is 18.7 Å². The summed E-state index contributed by atoms with van der Waals surface area (Å²) in [5.74, 6) is 0.545. The molecule has 1 aromatic heterocycles. The number of fused-ring (bicyclic) bond motifs is 1. The third-order valence-electron chi connectivity index (χ3n) is 5.92. The molecule has 1 atom stereocenters. The molecule has 3 aromatic rings. The SMILES string of the molecule is COCCOC(c1ccc(-c2ccc(C)c3ncccc23)cc1)C1CCNCC1. The maximum atomic E-state index is 6.28. The van der Waals surface area contributed by atoms with Gasteiger partial charge in [-0.25, -0.2) is 0 Å². The molecule has 1 aliphatic heterocycles. The highest BCUT2D eigenvalue weighted by molar-refractivity contribution is 5.96. The standard InChI is InChI=1S/C25H30N2O2/c1-18-5-10-22(23-4-3-13-27-24(18)23)19-6-8-20(9-7-19)25(29-17-16-28-2)21-11-14-26-15-12-21/h3-10,13,21,25-26H,11-12,14-17H2,1-2H3. The Kier molecular flexibility index (Phi) is 6.55. The normalized spacial score (nSPS) is 16.2. The molecule has 0 spiro atoms. The Labute approximate surface area is 173 Å². The number of methoxy groups -OCH3 is 1. The molecule has 2 heterocycles. The number of nitrogens with one attached hydrogen (secondary N) is 1. The fourth-order valence-corrected chi connectivity index (χ4v) is 4.33. The van der Waals surface area contributed by atoms with Gasteiger partial charge in [-0.3, -0.25) is 4.98 Å². The van der Waals surface area contributed by atoms with Crippen LogP contribution in [0.15, 0.2) is 54.7 Å². The van der Waals surface area contributed by atoms with Crippen molar-refractivity contribution in [2.45, 2.75) is 25.9 Å². The number of piperidine rings is 1. The summed E-state index contributed by atoms with van der Waals surface area (Å²) in [6.45, 7) is 5.50. The summed E-state index contributed by atoms with van der Waals surface area (Å²) in [4.78, 5) is 4.58. The zero-order valence-corrected chi connectivity index (χ0v) is 17.4. The van der Waals surface area contributed by atoms with Gasteiger partial charge in [0.25, 0.3) is 0 Å². The average molecular weight is 391 g/mol. The number of benzene rings is 2. The number of aryl methyl sites for hydroxylation is 1. The first-order chi connectivity index (χ1) is 14.3. The number of aromatic nitrogens is 1. The molecule has 0 amide bonds. The zero-order chi connectivity index (χ0) is 20.1. The molecule has 0 bridgehead atoms. The average Bonchev–Trinajstić information content (AvgIpc) is 2.78. The molecule has 0 radical (unpaired) electrons. The number of rotatable bonds is 7. The van der Waals surface area contributed by atoms with E-state index in [2.05, 4.69) is 59.7 Å². The second-order valence-corrected chi connectivity index (χ2v) is 7.82. The number of hydrogen-bond acceptors (Lipinski definition) is 4. The van der Waals surface area contributed by atoms with Crippen LogP contribution in [0.3, 0.4) is 0 Å². The maximum Gasteiger partial charge on any atom is 0.0855 e. The molecule has 1 aliphatic rings. The van der Waals surface area contributed by atoms with Crippen molar-refractivity contribution in [2.75, 3.05) is 33.4 Å². The van der Waals surface area contributed by atoms with Gasteiger partial charge < -0.3 is 14.8 Å². The summed E-state index contributed by atoms with van der Waals surface area (Å²) in [5, 5.41) is 4.65. The van der Waals surface area contributed by atoms with Crippen molar-refractivity contribution in [2.24, 2.45) is 5.92 Å². The van der Waals surface area contributed by atoms with Gasteiger partial charge in [0.2, 0.25) is 0 Å². The lowest BCUT2D eigenvalue weighted by Crippen LogP contribution is -2.32. The Hall–Kier alpha value is -2.27. The number of hydrogen-bond donors (Lipinski definition) is 1. The summed E-state index contributed by atoms with van der Waals surface area (Å²) in [5.41, 5.74) is 5.98. The van der Waals surface area contributed by atoms with E-state index in [1.807, 2.05) is 12.3 Å². The van der Waals surface area contributed by atoms with Crippen molar-refractivity contribution in [3.8, 4) is 11.1 Å². The van der Waals surface area contributed by atoms with Gasteiger partial charge in [-0.2, -0.15) is 0 Å². The predicted molar refractivity (Wildman–Crippen MR) is 118 cm³/mol. The van der Waals surface area contributed by atoms with Gasteiger partial charge in [0.1, 0.15) is 0 Å². The molecule has 2 aromatic carbocycles. The summed E-state index contributed by atoms with van der Waals surface area (Å²) in [6.07, 6.45) is 4.28. The fraction of sp³-hybridized carbons (Fsp3) is 0.400. The minimum absolute atomic E-state index is 0.123. The number of pyridine rings is 1. The van der Waals surface area contributed by atoms with Crippen LogP contribution in [0.5, 0.6) is 0 Å². The summed E-state index contributed by atoms with van der Waals surface area (Å²) < 4.78 is 11.5. The molecular formula is C25H30N2O2. The zero-order valence-electron chi connectivity index (χ0n) is 17.4. The van der Waals surface area contributed by atoms with Crippen molar-refractivity contribution in [3.05, 3.63) is 65.9 Å². The molecule has 0 saturated carbocycles. The highest BCUT2D eigenvalue weighted by Crippen LogP contribution is 2.35. The first kappa shape index (κ1) is 20.0. The van der Waals surface area contributed by atoms with Crippen LogP contribution in [0.1, 0.15) is 30.1 Å². The molecule has 4 rings (SSSR count). The lowest BCUT2D eigenvalue weighted by atomic mass is 9.87. The number of nitrogens with zero attached hydrogens (tertiary/aromatic N) is 1.